The molecule has 1 atom stereocenters. The van der Waals surface area contributed by atoms with Crippen LogP contribution in [0.1, 0.15) is 52.9 Å². The van der Waals surface area contributed by atoms with Crippen molar-refractivity contribution in [2.24, 2.45) is 5.73 Å². The summed E-state index contributed by atoms with van der Waals surface area (Å²) < 4.78 is 11.6. The van der Waals surface area contributed by atoms with Gasteiger partial charge >= 0.3 is 0 Å². The van der Waals surface area contributed by atoms with Crippen molar-refractivity contribution in [1.82, 2.24) is 5.32 Å². The van der Waals surface area contributed by atoms with Crippen LogP contribution < -0.4 is 11.1 Å². The summed E-state index contributed by atoms with van der Waals surface area (Å²) in [5, 5.41) is 2.84. The predicted molar refractivity (Wildman–Crippen MR) is 83.0 cm³/mol. The maximum Gasteiger partial charge on any atom is 0.240 e. The molecule has 3 N–H and O–H groups in total. The quantitative estimate of drug-likeness (QED) is 0.830. The molecule has 6 heteroatoms. The SMILES string of the molecule is CC(C)(C)S(=O)CCNC(=O)C1(N)CCCCC1.Cl. The average Bonchev–Trinajstić information content (AvgIpc) is 2.28. The summed E-state index contributed by atoms with van der Waals surface area (Å²) in [5.74, 6) is 0.416. The highest BCUT2D eigenvalue weighted by Crippen LogP contribution is 2.25. The van der Waals surface area contributed by atoms with E-state index in [9.17, 15) is 9.00 Å². The minimum atomic E-state index is -0.928. The van der Waals surface area contributed by atoms with E-state index in [1.54, 1.807) is 0 Å². The van der Waals surface area contributed by atoms with Crippen molar-refractivity contribution in [3.63, 3.8) is 0 Å². The summed E-state index contributed by atoms with van der Waals surface area (Å²) in [6, 6.07) is 0. The fourth-order valence-electron chi connectivity index (χ4n) is 2.15. The Bertz CT molecular complexity index is 323. The van der Waals surface area contributed by atoms with Gasteiger partial charge in [0, 0.05) is 27.8 Å². The van der Waals surface area contributed by atoms with Crippen molar-refractivity contribution in [3.8, 4) is 0 Å². The van der Waals surface area contributed by atoms with Crippen LogP contribution in [0.3, 0.4) is 0 Å². The third kappa shape index (κ3) is 5.79. The molecule has 1 aliphatic carbocycles. The Morgan fingerprint density at radius 3 is 2.26 bits per heavy atom. The van der Waals surface area contributed by atoms with Gasteiger partial charge in [0.15, 0.2) is 0 Å². The van der Waals surface area contributed by atoms with E-state index in [1.165, 1.54) is 6.42 Å². The molecule has 0 radical (unpaired) electrons. The second kappa shape index (κ2) is 7.60. The highest BCUT2D eigenvalue weighted by molar-refractivity contribution is 7.86. The molecule has 0 heterocycles. The highest BCUT2D eigenvalue weighted by atomic mass is 35.5. The summed E-state index contributed by atoms with van der Waals surface area (Å²) in [5.41, 5.74) is 5.42. The molecule has 0 aliphatic heterocycles. The van der Waals surface area contributed by atoms with Gasteiger partial charge < -0.3 is 11.1 Å². The molecule has 1 amide bonds. The third-order valence-electron chi connectivity index (χ3n) is 3.45. The Kier molecular flexibility index (Phi) is 7.55. The zero-order valence-electron chi connectivity index (χ0n) is 12.2. The van der Waals surface area contributed by atoms with Crippen LogP contribution in [0.2, 0.25) is 0 Å². The van der Waals surface area contributed by atoms with Gasteiger partial charge in [-0.25, -0.2) is 0 Å². The summed E-state index contributed by atoms with van der Waals surface area (Å²) >= 11 is 0. The molecule has 1 fully saturated rings. The number of nitrogens with one attached hydrogen (secondary N) is 1. The first-order valence-corrected chi connectivity index (χ1v) is 8.03. The lowest BCUT2D eigenvalue weighted by Gasteiger charge is -2.31. The molecular weight excluding hydrogens is 284 g/mol. The smallest absolute Gasteiger partial charge is 0.240 e. The molecule has 1 unspecified atom stereocenters. The van der Waals surface area contributed by atoms with Crippen molar-refractivity contribution in [2.45, 2.75) is 63.2 Å². The van der Waals surface area contributed by atoms with Crippen LogP contribution in [0.4, 0.5) is 0 Å². The first-order chi connectivity index (χ1) is 8.26. The molecule has 1 rings (SSSR count). The molecule has 0 aromatic heterocycles. The lowest BCUT2D eigenvalue weighted by molar-refractivity contribution is -0.127. The van der Waals surface area contributed by atoms with Gasteiger partial charge in [0.2, 0.25) is 5.91 Å². The number of nitrogens with two attached hydrogens (primary N) is 1. The van der Waals surface area contributed by atoms with Gasteiger partial charge in [0.05, 0.1) is 5.54 Å². The largest absolute Gasteiger partial charge is 0.354 e. The molecule has 114 valence electrons. The Balaban J connectivity index is 0.00000324. The number of rotatable bonds is 4. The van der Waals surface area contributed by atoms with E-state index in [0.29, 0.717) is 12.3 Å². The molecule has 0 aromatic rings. The van der Waals surface area contributed by atoms with Gasteiger partial charge in [-0.2, -0.15) is 0 Å². The van der Waals surface area contributed by atoms with Gasteiger partial charge in [0.1, 0.15) is 0 Å². The number of hydrogen-bond acceptors (Lipinski definition) is 3. The maximum absolute atomic E-state index is 12.0. The molecule has 0 aromatic carbocycles. The van der Waals surface area contributed by atoms with Crippen LogP contribution in [-0.4, -0.2) is 32.7 Å². The topological polar surface area (TPSA) is 72.2 Å². The molecule has 0 bridgehead atoms. The highest BCUT2D eigenvalue weighted by Gasteiger charge is 2.35. The second-order valence-electron chi connectivity index (χ2n) is 6.13. The zero-order chi connectivity index (χ0) is 13.8. The monoisotopic (exact) mass is 310 g/mol. The molecule has 1 aliphatic rings. The Labute approximate surface area is 125 Å². The molecular formula is C13H27ClN2O2S. The minimum Gasteiger partial charge on any atom is -0.354 e. The van der Waals surface area contributed by atoms with E-state index in [0.717, 1.165) is 25.7 Å². The third-order valence-corrected chi connectivity index (χ3v) is 5.39. The number of halogens is 1. The Hall–Kier alpha value is -0.130. The van der Waals surface area contributed by atoms with Crippen LogP contribution in [0, 0.1) is 0 Å². The Morgan fingerprint density at radius 1 is 1.26 bits per heavy atom. The number of amides is 1. The minimum absolute atomic E-state index is 0. The first kappa shape index (κ1) is 18.9. The van der Waals surface area contributed by atoms with E-state index in [4.69, 9.17) is 5.73 Å². The van der Waals surface area contributed by atoms with Crippen molar-refractivity contribution in [3.05, 3.63) is 0 Å². The average molecular weight is 311 g/mol. The molecule has 1 saturated carbocycles. The summed E-state index contributed by atoms with van der Waals surface area (Å²) in [4.78, 5) is 12.0. The number of carbonyl (C=O) groups is 1. The van der Waals surface area contributed by atoms with E-state index in [-0.39, 0.29) is 23.1 Å². The van der Waals surface area contributed by atoms with Crippen LogP contribution in [0.25, 0.3) is 0 Å². The van der Waals surface area contributed by atoms with E-state index >= 15 is 0 Å². The van der Waals surface area contributed by atoms with Gasteiger partial charge in [-0.3, -0.25) is 9.00 Å². The van der Waals surface area contributed by atoms with Gasteiger partial charge in [0.25, 0.3) is 0 Å². The van der Waals surface area contributed by atoms with Crippen molar-refractivity contribution >= 4 is 29.1 Å². The standard InChI is InChI=1S/C13H26N2O2S.ClH/c1-12(2,3)18(17)10-9-15-11(16)13(14)7-5-4-6-8-13;/h4-10,14H2,1-3H3,(H,15,16);1H. The lowest BCUT2D eigenvalue weighted by atomic mass is 9.82. The summed E-state index contributed by atoms with van der Waals surface area (Å²) in [6.45, 7) is 6.27. The Morgan fingerprint density at radius 2 is 1.79 bits per heavy atom. The maximum atomic E-state index is 12.0. The normalized spacial score (nSPS) is 20.2. The van der Waals surface area contributed by atoms with Crippen molar-refractivity contribution < 1.29 is 9.00 Å². The van der Waals surface area contributed by atoms with Gasteiger partial charge in [-0.1, -0.05) is 19.3 Å². The zero-order valence-corrected chi connectivity index (χ0v) is 13.8. The number of hydrogen-bond donors (Lipinski definition) is 2. The molecule has 0 saturated heterocycles. The van der Waals surface area contributed by atoms with E-state index in [2.05, 4.69) is 5.32 Å². The van der Waals surface area contributed by atoms with Crippen molar-refractivity contribution in [1.29, 1.82) is 0 Å². The van der Waals surface area contributed by atoms with E-state index < -0.39 is 16.3 Å². The number of carbonyl (C=O) groups excluding carboxylic acids is 1. The lowest BCUT2D eigenvalue weighted by Crippen LogP contribution is -2.55. The van der Waals surface area contributed by atoms with Crippen LogP contribution in [0.15, 0.2) is 0 Å². The van der Waals surface area contributed by atoms with Crippen molar-refractivity contribution in [2.75, 3.05) is 12.3 Å². The van der Waals surface area contributed by atoms with Gasteiger partial charge in [-0.15, -0.1) is 12.4 Å². The van der Waals surface area contributed by atoms with Crippen LogP contribution >= 0.6 is 12.4 Å². The second-order valence-corrected chi connectivity index (χ2v) is 8.46. The fourth-order valence-corrected chi connectivity index (χ4v) is 3.05. The van der Waals surface area contributed by atoms with Crippen LogP contribution in [-0.2, 0) is 15.6 Å². The van der Waals surface area contributed by atoms with Gasteiger partial charge in [-0.05, 0) is 33.6 Å². The van der Waals surface area contributed by atoms with E-state index in [1.807, 2.05) is 20.8 Å². The predicted octanol–water partition coefficient (Wildman–Crippen LogP) is 1.73. The molecule has 0 spiro atoms. The first-order valence-electron chi connectivity index (χ1n) is 6.71. The molecule has 4 nitrogen and oxygen atoms in total. The summed E-state index contributed by atoms with van der Waals surface area (Å²) in [6.07, 6.45) is 4.75. The fraction of sp³-hybridized carbons (Fsp3) is 0.923. The van der Waals surface area contributed by atoms with Crippen LogP contribution in [0.5, 0.6) is 0 Å². The molecule has 19 heavy (non-hydrogen) atoms. The summed E-state index contributed by atoms with van der Waals surface area (Å²) in [7, 11) is -0.928.